The fourth-order valence-corrected chi connectivity index (χ4v) is 5.11. The summed E-state index contributed by atoms with van der Waals surface area (Å²) in [5.41, 5.74) is 5.45. The first-order valence-electron chi connectivity index (χ1n) is 8.73. The van der Waals surface area contributed by atoms with E-state index in [1.54, 1.807) is 25.6 Å². The molecule has 0 bridgehead atoms. The molecule has 0 radical (unpaired) electrons. The van der Waals surface area contributed by atoms with Crippen molar-refractivity contribution in [3.63, 3.8) is 0 Å². The van der Waals surface area contributed by atoms with Gasteiger partial charge >= 0.3 is 0 Å². The van der Waals surface area contributed by atoms with Crippen molar-refractivity contribution in [2.24, 2.45) is 0 Å². The molecule has 0 saturated heterocycles. The van der Waals surface area contributed by atoms with Crippen LogP contribution in [0.3, 0.4) is 0 Å². The van der Waals surface area contributed by atoms with Crippen LogP contribution in [0.2, 0.25) is 0 Å². The van der Waals surface area contributed by atoms with E-state index >= 15 is 0 Å². The van der Waals surface area contributed by atoms with Crippen LogP contribution in [-0.4, -0.2) is 18.8 Å². The topological polar surface area (TPSA) is 35.4 Å². The molecule has 0 aliphatic carbocycles. The summed E-state index contributed by atoms with van der Waals surface area (Å²) in [5, 5.41) is 3.67. The molecule has 1 aliphatic rings. The number of aromatic nitrogens is 1. The van der Waals surface area contributed by atoms with Crippen LogP contribution in [0.25, 0.3) is 16.9 Å². The maximum Gasteiger partial charge on any atom is 0.166 e. The summed E-state index contributed by atoms with van der Waals surface area (Å²) in [6.07, 6.45) is 0. The van der Waals surface area contributed by atoms with Crippen molar-refractivity contribution in [3.8, 4) is 28.4 Å². The molecule has 6 heteroatoms. The van der Waals surface area contributed by atoms with Gasteiger partial charge in [-0.2, -0.15) is 0 Å². The fraction of sp³-hybridized carbons (Fsp3) is 0.286. The molecule has 1 N–H and O–H groups in total. The van der Waals surface area contributed by atoms with Crippen LogP contribution in [0.5, 0.6) is 11.5 Å². The zero-order valence-corrected chi connectivity index (χ0v) is 17.7. The van der Waals surface area contributed by atoms with Crippen LogP contribution in [0.15, 0.2) is 36.4 Å². The highest BCUT2D eigenvalue weighted by Crippen LogP contribution is 2.48. The third-order valence-corrected chi connectivity index (χ3v) is 6.58. The number of rotatable bonds is 3. The molecule has 0 amide bonds. The summed E-state index contributed by atoms with van der Waals surface area (Å²) in [6.45, 7) is 6.50. The molecule has 27 heavy (non-hydrogen) atoms. The Morgan fingerprint density at radius 3 is 2.48 bits per heavy atom. The number of hydrogen-bond donors (Lipinski definition) is 1. The van der Waals surface area contributed by atoms with E-state index in [-0.39, 0.29) is 5.54 Å². The number of fused-ring (bicyclic) bond motifs is 3. The third kappa shape index (κ3) is 2.84. The normalized spacial score (nSPS) is 14.1. The van der Waals surface area contributed by atoms with Crippen molar-refractivity contribution in [2.75, 3.05) is 19.5 Å². The van der Waals surface area contributed by atoms with E-state index < -0.39 is 0 Å². The number of methoxy groups -OCH3 is 2. The number of nitrogens with one attached hydrogen (secondary N) is 1. The minimum Gasteiger partial charge on any atom is -0.493 e. The van der Waals surface area contributed by atoms with Crippen LogP contribution in [0.4, 0.5) is 5.69 Å². The van der Waals surface area contributed by atoms with Gasteiger partial charge in [0.1, 0.15) is 0 Å². The first kappa shape index (κ1) is 18.1. The van der Waals surface area contributed by atoms with E-state index in [1.165, 1.54) is 10.4 Å². The Morgan fingerprint density at radius 2 is 1.78 bits per heavy atom. The van der Waals surface area contributed by atoms with E-state index in [9.17, 15) is 0 Å². The van der Waals surface area contributed by atoms with E-state index in [2.05, 4.69) is 48.9 Å². The second-order valence-corrected chi connectivity index (χ2v) is 8.86. The average molecular weight is 399 g/mol. The second kappa shape index (κ2) is 6.39. The molecule has 0 fully saturated rings. The number of benzene rings is 2. The van der Waals surface area contributed by atoms with Gasteiger partial charge in [0.15, 0.2) is 15.5 Å². The Hall–Kier alpha value is -2.31. The van der Waals surface area contributed by atoms with Crippen molar-refractivity contribution in [1.29, 1.82) is 0 Å². The van der Waals surface area contributed by atoms with E-state index in [4.69, 9.17) is 21.7 Å². The molecule has 4 rings (SSSR count). The molecule has 0 saturated carbocycles. The van der Waals surface area contributed by atoms with Gasteiger partial charge in [-0.05, 0) is 56.8 Å². The third-order valence-electron chi connectivity index (χ3n) is 4.88. The standard InChI is InChI=1S/C21H22N2O2S2/c1-12-6-8-14-15(10-12)22-21(2,3)19-18(14)23(20(26)27-19)13-7-9-16(24-4)17(11-13)25-5/h6-11,22H,1-5H3. The molecule has 4 nitrogen and oxygen atoms in total. The predicted octanol–water partition coefficient (Wildman–Crippen LogP) is 5.92. The number of aryl methyl sites for hydroxylation is 1. The Labute approximate surface area is 168 Å². The minimum atomic E-state index is -0.198. The van der Waals surface area contributed by atoms with Crippen molar-refractivity contribution >= 4 is 29.2 Å². The van der Waals surface area contributed by atoms with Crippen molar-refractivity contribution in [3.05, 3.63) is 50.8 Å². The molecular formula is C21H22N2O2S2. The molecular weight excluding hydrogens is 376 g/mol. The summed E-state index contributed by atoms with van der Waals surface area (Å²) in [4.78, 5) is 1.23. The number of thiazole rings is 1. The predicted molar refractivity (Wildman–Crippen MR) is 114 cm³/mol. The van der Waals surface area contributed by atoms with Crippen LogP contribution < -0.4 is 14.8 Å². The zero-order valence-electron chi connectivity index (χ0n) is 16.0. The van der Waals surface area contributed by atoms with Crippen LogP contribution in [0, 0.1) is 10.9 Å². The van der Waals surface area contributed by atoms with Gasteiger partial charge in [0.2, 0.25) is 0 Å². The highest BCUT2D eigenvalue weighted by atomic mass is 32.1. The largest absolute Gasteiger partial charge is 0.493 e. The van der Waals surface area contributed by atoms with Crippen molar-refractivity contribution in [1.82, 2.24) is 4.57 Å². The molecule has 3 aromatic rings. The molecule has 0 atom stereocenters. The molecule has 2 aromatic carbocycles. The number of ether oxygens (including phenoxy) is 2. The van der Waals surface area contributed by atoms with E-state index in [0.29, 0.717) is 11.5 Å². The lowest BCUT2D eigenvalue weighted by Crippen LogP contribution is -2.31. The number of anilines is 1. The highest BCUT2D eigenvalue weighted by Gasteiger charge is 2.35. The fourth-order valence-electron chi connectivity index (χ4n) is 3.60. The summed E-state index contributed by atoms with van der Waals surface area (Å²) in [7, 11) is 3.29. The molecule has 2 heterocycles. The lowest BCUT2D eigenvalue weighted by Gasteiger charge is -2.34. The first-order valence-corrected chi connectivity index (χ1v) is 9.96. The Morgan fingerprint density at radius 1 is 1.04 bits per heavy atom. The lowest BCUT2D eigenvalue weighted by atomic mass is 9.91. The van der Waals surface area contributed by atoms with E-state index in [0.717, 1.165) is 26.6 Å². The van der Waals surface area contributed by atoms with Gasteiger partial charge in [-0.1, -0.05) is 12.1 Å². The van der Waals surface area contributed by atoms with Gasteiger partial charge in [-0.15, -0.1) is 11.3 Å². The quantitative estimate of drug-likeness (QED) is 0.555. The second-order valence-electron chi connectivity index (χ2n) is 7.22. The monoisotopic (exact) mass is 398 g/mol. The van der Waals surface area contributed by atoms with Crippen molar-refractivity contribution < 1.29 is 9.47 Å². The molecule has 1 aliphatic heterocycles. The molecule has 0 spiro atoms. The van der Waals surface area contributed by atoms with Gasteiger partial charge < -0.3 is 14.8 Å². The SMILES string of the molecule is COc1ccc(-n2c3c(sc2=S)C(C)(C)Nc2cc(C)ccc2-3)cc1OC. The number of nitrogens with zero attached hydrogens (tertiary/aromatic N) is 1. The first-order chi connectivity index (χ1) is 12.9. The van der Waals surface area contributed by atoms with E-state index in [1.807, 2.05) is 18.2 Å². The van der Waals surface area contributed by atoms with Gasteiger partial charge in [0, 0.05) is 17.3 Å². The van der Waals surface area contributed by atoms with Crippen LogP contribution in [-0.2, 0) is 5.54 Å². The molecule has 140 valence electrons. The zero-order chi connectivity index (χ0) is 19.3. The Bertz CT molecular complexity index is 1100. The summed E-state index contributed by atoms with van der Waals surface area (Å²) >= 11 is 7.44. The number of hydrogen-bond acceptors (Lipinski definition) is 5. The smallest absolute Gasteiger partial charge is 0.166 e. The Balaban J connectivity index is 2.02. The van der Waals surface area contributed by atoms with Gasteiger partial charge in [0.05, 0.1) is 36.0 Å². The summed E-state index contributed by atoms with van der Waals surface area (Å²) in [6, 6.07) is 12.4. The van der Waals surface area contributed by atoms with Crippen molar-refractivity contribution in [2.45, 2.75) is 26.3 Å². The minimum absolute atomic E-state index is 0.198. The van der Waals surface area contributed by atoms with Gasteiger partial charge in [-0.3, -0.25) is 4.57 Å². The Kier molecular flexibility index (Phi) is 4.28. The maximum absolute atomic E-state index is 5.78. The van der Waals surface area contributed by atoms with Gasteiger partial charge in [0.25, 0.3) is 0 Å². The van der Waals surface area contributed by atoms with Crippen LogP contribution in [0.1, 0.15) is 24.3 Å². The highest BCUT2D eigenvalue weighted by molar-refractivity contribution is 7.73. The van der Waals surface area contributed by atoms with Crippen LogP contribution >= 0.6 is 23.6 Å². The average Bonchev–Trinajstić information content (AvgIpc) is 2.99. The maximum atomic E-state index is 5.78. The molecule has 0 unspecified atom stereocenters. The summed E-state index contributed by atoms with van der Waals surface area (Å²) in [5.74, 6) is 1.39. The lowest BCUT2D eigenvalue weighted by molar-refractivity contribution is 0.355. The van der Waals surface area contributed by atoms with Gasteiger partial charge in [-0.25, -0.2) is 0 Å². The summed E-state index contributed by atoms with van der Waals surface area (Å²) < 4.78 is 13.9. The molecule has 1 aromatic heterocycles.